The highest BCUT2D eigenvalue weighted by atomic mass is 16.5. The van der Waals surface area contributed by atoms with Gasteiger partial charge >= 0.3 is 0 Å². The predicted octanol–water partition coefficient (Wildman–Crippen LogP) is 3.48. The van der Waals surface area contributed by atoms with E-state index in [0.717, 1.165) is 0 Å². The Balaban J connectivity index is 4.31. The molecule has 0 bridgehead atoms. The van der Waals surface area contributed by atoms with Gasteiger partial charge in [0.15, 0.2) is 0 Å². The van der Waals surface area contributed by atoms with Gasteiger partial charge in [-0.1, -0.05) is 47.5 Å². The van der Waals surface area contributed by atoms with E-state index in [1.54, 1.807) is 0 Å². The van der Waals surface area contributed by atoms with E-state index in [0.29, 0.717) is 12.0 Å². The SMILES string of the molecule is CCC(CC)C(OC)C(C)(C)C. The van der Waals surface area contributed by atoms with Crippen LogP contribution in [0.1, 0.15) is 47.5 Å². The molecule has 0 heterocycles. The predicted molar refractivity (Wildman–Crippen MR) is 54.3 cm³/mol. The average molecular weight is 172 g/mol. The number of hydrogen-bond donors (Lipinski definition) is 0. The van der Waals surface area contributed by atoms with E-state index in [2.05, 4.69) is 34.6 Å². The molecule has 1 atom stereocenters. The van der Waals surface area contributed by atoms with Crippen LogP contribution in [-0.2, 0) is 4.74 Å². The molecule has 0 aromatic rings. The molecule has 12 heavy (non-hydrogen) atoms. The molecule has 0 saturated carbocycles. The third-order valence-electron chi connectivity index (χ3n) is 2.58. The zero-order chi connectivity index (χ0) is 9.78. The molecule has 0 saturated heterocycles. The van der Waals surface area contributed by atoms with Crippen LogP contribution in [0.4, 0.5) is 0 Å². The van der Waals surface area contributed by atoms with Crippen LogP contribution in [0.25, 0.3) is 0 Å². The summed E-state index contributed by atoms with van der Waals surface area (Å²) < 4.78 is 5.56. The quantitative estimate of drug-likeness (QED) is 0.631. The summed E-state index contributed by atoms with van der Waals surface area (Å²) in [6.07, 6.45) is 2.82. The van der Waals surface area contributed by atoms with Crippen molar-refractivity contribution in [1.29, 1.82) is 0 Å². The summed E-state index contributed by atoms with van der Waals surface area (Å²) >= 11 is 0. The third-order valence-corrected chi connectivity index (χ3v) is 2.58. The maximum absolute atomic E-state index is 5.56. The fourth-order valence-corrected chi connectivity index (χ4v) is 1.97. The maximum Gasteiger partial charge on any atom is 0.0647 e. The van der Waals surface area contributed by atoms with E-state index in [4.69, 9.17) is 4.74 Å². The van der Waals surface area contributed by atoms with E-state index in [9.17, 15) is 0 Å². The molecule has 0 aliphatic heterocycles. The summed E-state index contributed by atoms with van der Waals surface area (Å²) in [6.45, 7) is 11.2. The maximum atomic E-state index is 5.56. The monoisotopic (exact) mass is 172 g/mol. The summed E-state index contributed by atoms with van der Waals surface area (Å²) in [6, 6.07) is 0. The van der Waals surface area contributed by atoms with Gasteiger partial charge in [0.05, 0.1) is 6.10 Å². The minimum Gasteiger partial charge on any atom is -0.381 e. The Kier molecular flexibility index (Phi) is 4.84. The van der Waals surface area contributed by atoms with E-state index >= 15 is 0 Å². The number of methoxy groups -OCH3 is 1. The van der Waals surface area contributed by atoms with Gasteiger partial charge in [0.1, 0.15) is 0 Å². The molecule has 0 aliphatic carbocycles. The van der Waals surface area contributed by atoms with Gasteiger partial charge in [0.25, 0.3) is 0 Å². The molecule has 0 spiro atoms. The Morgan fingerprint density at radius 3 is 1.58 bits per heavy atom. The highest BCUT2D eigenvalue weighted by molar-refractivity contribution is 4.79. The molecular formula is C11H24O. The van der Waals surface area contributed by atoms with Gasteiger partial charge in [-0.05, 0) is 11.3 Å². The second-order valence-electron chi connectivity index (χ2n) is 4.60. The molecule has 0 aromatic carbocycles. The van der Waals surface area contributed by atoms with Crippen LogP contribution in [0.15, 0.2) is 0 Å². The topological polar surface area (TPSA) is 9.23 Å². The smallest absolute Gasteiger partial charge is 0.0647 e. The highest BCUT2D eigenvalue weighted by Crippen LogP contribution is 2.31. The zero-order valence-electron chi connectivity index (χ0n) is 9.48. The Morgan fingerprint density at radius 1 is 1.08 bits per heavy atom. The van der Waals surface area contributed by atoms with Crippen molar-refractivity contribution in [3.63, 3.8) is 0 Å². The first kappa shape index (κ1) is 12.0. The van der Waals surface area contributed by atoms with E-state index in [-0.39, 0.29) is 5.41 Å². The van der Waals surface area contributed by atoms with Crippen LogP contribution < -0.4 is 0 Å². The molecule has 74 valence electrons. The van der Waals surface area contributed by atoms with Crippen molar-refractivity contribution in [3.8, 4) is 0 Å². The summed E-state index contributed by atoms with van der Waals surface area (Å²) in [5.41, 5.74) is 0.269. The van der Waals surface area contributed by atoms with Crippen LogP contribution in [0.5, 0.6) is 0 Å². The molecule has 0 amide bonds. The van der Waals surface area contributed by atoms with Gasteiger partial charge in [-0.2, -0.15) is 0 Å². The lowest BCUT2D eigenvalue weighted by Crippen LogP contribution is -2.35. The minimum absolute atomic E-state index is 0.269. The van der Waals surface area contributed by atoms with Crippen molar-refractivity contribution in [3.05, 3.63) is 0 Å². The molecular weight excluding hydrogens is 148 g/mol. The van der Waals surface area contributed by atoms with Crippen LogP contribution in [0, 0.1) is 11.3 Å². The lowest BCUT2D eigenvalue weighted by Gasteiger charge is -2.35. The van der Waals surface area contributed by atoms with Gasteiger partial charge in [0.2, 0.25) is 0 Å². The zero-order valence-corrected chi connectivity index (χ0v) is 9.48. The molecule has 0 rings (SSSR count). The van der Waals surface area contributed by atoms with Gasteiger partial charge in [-0.25, -0.2) is 0 Å². The fourth-order valence-electron chi connectivity index (χ4n) is 1.97. The fraction of sp³-hybridized carbons (Fsp3) is 1.00. The second kappa shape index (κ2) is 4.86. The van der Waals surface area contributed by atoms with Gasteiger partial charge < -0.3 is 4.74 Å². The number of rotatable bonds is 4. The molecule has 1 nitrogen and oxygen atoms in total. The van der Waals surface area contributed by atoms with Crippen molar-refractivity contribution in [2.75, 3.05) is 7.11 Å². The summed E-state index contributed by atoms with van der Waals surface area (Å²) in [5.74, 6) is 0.704. The van der Waals surface area contributed by atoms with Crippen LogP contribution >= 0.6 is 0 Å². The lowest BCUT2D eigenvalue weighted by molar-refractivity contribution is -0.0288. The molecule has 0 N–H and O–H groups in total. The summed E-state index contributed by atoms with van der Waals surface area (Å²) in [7, 11) is 1.83. The van der Waals surface area contributed by atoms with E-state index < -0.39 is 0 Å². The average Bonchev–Trinajstić information content (AvgIpc) is 1.97. The molecule has 0 aliphatic rings. The third kappa shape index (κ3) is 3.14. The first-order valence-electron chi connectivity index (χ1n) is 5.00. The molecule has 0 aromatic heterocycles. The van der Waals surface area contributed by atoms with Crippen LogP contribution in [0.3, 0.4) is 0 Å². The second-order valence-corrected chi connectivity index (χ2v) is 4.60. The van der Waals surface area contributed by atoms with Crippen molar-refractivity contribution >= 4 is 0 Å². The first-order valence-corrected chi connectivity index (χ1v) is 5.00. The Bertz CT molecular complexity index is 109. The number of ether oxygens (including phenoxy) is 1. The summed E-state index contributed by atoms with van der Waals surface area (Å²) in [4.78, 5) is 0. The van der Waals surface area contributed by atoms with E-state index in [1.807, 2.05) is 7.11 Å². The van der Waals surface area contributed by atoms with Gasteiger partial charge in [-0.3, -0.25) is 0 Å². The molecule has 0 fully saturated rings. The standard InChI is InChI=1S/C11H24O/c1-7-9(8-2)10(12-6)11(3,4)5/h9-10H,7-8H2,1-6H3. The van der Waals surface area contributed by atoms with Crippen molar-refractivity contribution in [2.24, 2.45) is 11.3 Å². The van der Waals surface area contributed by atoms with Crippen molar-refractivity contribution in [1.82, 2.24) is 0 Å². The molecule has 1 unspecified atom stereocenters. The molecule has 1 heteroatoms. The minimum atomic E-state index is 0.269. The van der Waals surface area contributed by atoms with E-state index in [1.165, 1.54) is 12.8 Å². The summed E-state index contributed by atoms with van der Waals surface area (Å²) in [5, 5.41) is 0. The van der Waals surface area contributed by atoms with Gasteiger partial charge in [0, 0.05) is 7.11 Å². The van der Waals surface area contributed by atoms with Crippen molar-refractivity contribution < 1.29 is 4.74 Å². The van der Waals surface area contributed by atoms with Crippen LogP contribution in [-0.4, -0.2) is 13.2 Å². The lowest BCUT2D eigenvalue weighted by atomic mass is 9.79. The Hall–Kier alpha value is -0.0400. The molecule has 0 radical (unpaired) electrons. The van der Waals surface area contributed by atoms with Gasteiger partial charge in [-0.15, -0.1) is 0 Å². The Morgan fingerprint density at radius 2 is 1.50 bits per heavy atom. The number of hydrogen-bond acceptors (Lipinski definition) is 1. The normalized spacial score (nSPS) is 15.2. The van der Waals surface area contributed by atoms with Crippen LogP contribution in [0.2, 0.25) is 0 Å². The highest BCUT2D eigenvalue weighted by Gasteiger charge is 2.29. The Labute approximate surface area is 77.5 Å². The van der Waals surface area contributed by atoms with Crippen molar-refractivity contribution in [2.45, 2.75) is 53.6 Å². The first-order chi connectivity index (χ1) is 5.47. The largest absolute Gasteiger partial charge is 0.381 e.